The second-order valence-corrected chi connectivity index (χ2v) is 6.89. The molecule has 0 saturated carbocycles. The van der Waals surface area contributed by atoms with Gasteiger partial charge in [-0.3, -0.25) is 9.69 Å². The Balaban J connectivity index is 1.88. The number of hydrogen-bond donors (Lipinski definition) is 1. The Labute approximate surface area is 144 Å². The Kier molecular flexibility index (Phi) is 4.50. The molecule has 0 bridgehead atoms. The monoisotopic (exact) mass is 341 g/mol. The van der Waals surface area contributed by atoms with Gasteiger partial charge < -0.3 is 5.11 Å². The van der Waals surface area contributed by atoms with Crippen LogP contribution in [0.1, 0.15) is 18.1 Å². The lowest BCUT2D eigenvalue weighted by Crippen LogP contribution is -2.27. The van der Waals surface area contributed by atoms with E-state index in [4.69, 9.17) is 12.2 Å². The van der Waals surface area contributed by atoms with Crippen LogP contribution in [-0.2, 0) is 11.3 Å². The molecule has 1 aliphatic heterocycles. The van der Waals surface area contributed by atoms with Crippen molar-refractivity contribution in [3.8, 4) is 5.75 Å². The van der Waals surface area contributed by atoms with Crippen LogP contribution in [-0.4, -0.2) is 20.2 Å². The van der Waals surface area contributed by atoms with Gasteiger partial charge in [0, 0.05) is 0 Å². The molecule has 1 fully saturated rings. The zero-order chi connectivity index (χ0) is 16.4. The molecule has 2 aromatic rings. The van der Waals surface area contributed by atoms with Crippen LogP contribution in [0, 0.1) is 0 Å². The predicted molar refractivity (Wildman–Crippen MR) is 97.9 cm³/mol. The summed E-state index contributed by atoms with van der Waals surface area (Å²) in [5.74, 6) is 0.146. The highest BCUT2D eigenvalue weighted by Gasteiger charge is 2.33. The van der Waals surface area contributed by atoms with Gasteiger partial charge in [0.2, 0.25) is 0 Å². The summed E-state index contributed by atoms with van der Waals surface area (Å²) < 4.78 is 0.576. The van der Waals surface area contributed by atoms with Crippen molar-refractivity contribution in [1.82, 2.24) is 4.90 Å². The molecule has 0 radical (unpaired) electrons. The van der Waals surface area contributed by atoms with Crippen LogP contribution in [0.2, 0.25) is 0 Å². The number of thiocarbonyl (C=S) groups is 1. The van der Waals surface area contributed by atoms with Crippen molar-refractivity contribution >= 4 is 39.8 Å². The number of phenols is 1. The zero-order valence-corrected chi connectivity index (χ0v) is 14.2. The maximum atomic E-state index is 12.7. The fraction of sp³-hybridized carbons (Fsp3) is 0.111. The largest absolute Gasteiger partial charge is 0.508 e. The summed E-state index contributed by atoms with van der Waals surface area (Å²) >= 11 is 6.71. The van der Waals surface area contributed by atoms with Crippen LogP contribution in [0.25, 0.3) is 5.57 Å². The number of allylic oxidation sites excluding steroid dienone is 1. The summed E-state index contributed by atoms with van der Waals surface area (Å²) in [6.07, 6.45) is 0. The predicted octanol–water partition coefficient (Wildman–Crippen LogP) is 4.18. The third-order valence-corrected chi connectivity index (χ3v) is 5.22. The van der Waals surface area contributed by atoms with Crippen LogP contribution < -0.4 is 0 Å². The topological polar surface area (TPSA) is 40.5 Å². The third kappa shape index (κ3) is 3.30. The molecule has 1 heterocycles. The molecule has 1 amide bonds. The Hall–Kier alpha value is -2.11. The normalized spacial score (nSPS) is 16.8. The minimum Gasteiger partial charge on any atom is -0.508 e. The molecule has 1 saturated heterocycles. The summed E-state index contributed by atoms with van der Waals surface area (Å²) in [6, 6.07) is 16.6. The molecule has 1 aliphatic rings. The number of carbonyl (C=O) groups excluding carboxylic acids is 1. The lowest BCUT2D eigenvalue weighted by atomic mass is 10.1. The quantitative estimate of drug-likeness (QED) is 0.671. The molecule has 0 aliphatic carbocycles. The number of amides is 1. The lowest BCUT2D eigenvalue weighted by Gasteiger charge is -2.14. The van der Waals surface area contributed by atoms with Gasteiger partial charge in [-0.1, -0.05) is 66.4 Å². The molecule has 0 atom stereocenters. The van der Waals surface area contributed by atoms with Crippen molar-refractivity contribution in [3.63, 3.8) is 0 Å². The van der Waals surface area contributed by atoms with Gasteiger partial charge in [-0.2, -0.15) is 0 Å². The molecule has 3 rings (SSSR count). The zero-order valence-electron chi connectivity index (χ0n) is 12.5. The smallest absolute Gasteiger partial charge is 0.266 e. The van der Waals surface area contributed by atoms with E-state index < -0.39 is 0 Å². The van der Waals surface area contributed by atoms with E-state index >= 15 is 0 Å². The number of benzene rings is 2. The van der Waals surface area contributed by atoms with Crippen molar-refractivity contribution < 1.29 is 9.90 Å². The Bertz CT molecular complexity index is 782. The van der Waals surface area contributed by atoms with Gasteiger partial charge in [-0.15, -0.1) is 0 Å². The average Bonchev–Trinajstić information content (AvgIpc) is 2.84. The first-order valence-electron chi connectivity index (χ1n) is 7.14. The van der Waals surface area contributed by atoms with Crippen molar-refractivity contribution in [2.24, 2.45) is 0 Å². The van der Waals surface area contributed by atoms with Gasteiger partial charge in [0.05, 0.1) is 11.4 Å². The highest BCUT2D eigenvalue weighted by molar-refractivity contribution is 8.26. The lowest BCUT2D eigenvalue weighted by molar-refractivity contribution is -0.122. The van der Waals surface area contributed by atoms with E-state index in [0.29, 0.717) is 15.8 Å². The fourth-order valence-corrected chi connectivity index (χ4v) is 3.67. The number of nitrogens with zero attached hydrogens (tertiary/aromatic N) is 1. The first-order valence-corrected chi connectivity index (χ1v) is 8.36. The molecule has 3 nitrogen and oxygen atoms in total. The van der Waals surface area contributed by atoms with E-state index in [1.807, 2.05) is 37.3 Å². The van der Waals surface area contributed by atoms with E-state index in [9.17, 15) is 9.90 Å². The van der Waals surface area contributed by atoms with Gasteiger partial charge in [-0.25, -0.2) is 0 Å². The second-order valence-electron chi connectivity index (χ2n) is 5.25. The summed E-state index contributed by atoms with van der Waals surface area (Å²) in [5.41, 5.74) is 2.83. The SMILES string of the molecule is CC(=C1SC(=S)N(Cc2ccccc2)C1=O)c1ccc(O)cc1. The van der Waals surface area contributed by atoms with Crippen LogP contribution >= 0.6 is 24.0 Å². The summed E-state index contributed by atoms with van der Waals surface area (Å²) in [7, 11) is 0. The first kappa shape index (κ1) is 15.8. The van der Waals surface area contributed by atoms with Crippen molar-refractivity contribution in [1.29, 1.82) is 0 Å². The minimum absolute atomic E-state index is 0.0607. The molecule has 2 aromatic carbocycles. The molecule has 5 heteroatoms. The Morgan fingerprint density at radius 3 is 2.43 bits per heavy atom. The number of carbonyl (C=O) groups is 1. The van der Waals surface area contributed by atoms with E-state index in [-0.39, 0.29) is 11.7 Å². The summed E-state index contributed by atoms with van der Waals surface area (Å²) in [5, 5.41) is 9.39. The molecule has 0 unspecified atom stereocenters. The van der Waals surface area contributed by atoms with Gasteiger partial charge in [-0.05, 0) is 35.8 Å². The van der Waals surface area contributed by atoms with Crippen LogP contribution in [0.5, 0.6) is 5.75 Å². The van der Waals surface area contributed by atoms with Crippen molar-refractivity contribution in [2.45, 2.75) is 13.5 Å². The number of thioether (sulfide) groups is 1. The molecular weight excluding hydrogens is 326 g/mol. The first-order chi connectivity index (χ1) is 11.1. The van der Waals surface area contributed by atoms with Crippen LogP contribution in [0.3, 0.4) is 0 Å². The average molecular weight is 341 g/mol. The summed E-state index contributed by atoms with van der Waals surface area (Å²) in [6.45, 7) is 2.39. The van der Waals surface area contributed by atoms with Gasteiger partial charge in [0.15, 0.2) is 0 Å². The highest BCUT2D eigenvalue weighted by atomic mass is 32.2. The molecule has 0 spiro atoms. The standard InChI is InChI=1S/C18H15NO2S2/c1-12(14-7-9-15(20)10-8-14)16-17(21)19(18(22)23-16)11-13-5-3-2-4-6-13/h2-10,20H,11H2,1H3. The van der Waals surface area contributed by atoms with E-state index in [1.165, 1.54) is 11.8 Å². The van der Waals surface area contributed by atoms with E-state index in [0.717, 1.165) is 16.7 Å². The molecule has 23 heavy (non-hydrogen) atoms. The van der Waals surface area contributed by atoms with E-state index in [2.05, 4.69) is 0 Å². The van der Waals surface area contributed by atoms with Crippen molar-refractivity contribution in [3.05, 3.63) is 70.6 Å². The number of hydrogen-bond acceptors (Lipinski definition) is 4. The molecule has 0 aromatic heterocycles. The third-order valence-electron chi connectivity index (χ3n) is 3.67. The number of phenolic OH excluding ortho intramolecular Hbond substituents is 1. The van der Waals surface area contributed by atoms with Crippen molar-refractivity contribution in [2.75, 3.05) is 0 Å². The van der Waals surface area contributed by atoms with Crippen LogP contribution in [0.15, 0.2) is 59.5 Å². The number of aromatic hydroxyl groups is 1. The minimum atomic E-state index is -0.0607. The fourth-order valence-electron chi connectivity index (χ4n) is 2.37. The van der Waals surface area contributed by atoms with E-state index in [1.54, 1.807) is 29.2 Å². The van der Waals surface area contributed by atoms with Crippen LogP contribution in [0.4, 0.5) is 0 Å². The van der Waals surface area contributed by atoms with Gasteiger partial charge in [0.25, 0.3) is 5.91 Å². The number of rotatable bonds is 3. The molecule has 116 valence electrons. The molecule has 1 N–H and O–H groups in total. The Morgan fingerprint density at radius 1 is 1.13 bits per heavy atom. The van der Waals surface area contributed by atoms with Gasteiger partial charge >= 0.3 is 0 Å². The highest BCUT2D eigenvalue weighted by Crippen LogP contribution is 2.37. The van der Waals surface area contributed by atoms with Gasteiger partial charge in [0.1, 0.15) is 10.1 Å². The maximum Gasteiger partial charge on any atom is 0.266 e. The maximum absolute atomic E-state index is 12.7. The second kappa shape index (κ2) is 6.56. The Morgan fingerprint density at radius 2 is 1.78 bits per heavy atom. The summed E-state index contributed by atoms with van der Waals surface area (Å²) in [4.78, 5) is 15.0. The molecular formula is C18H15NO2S2.